The van der Waals surface area contributed by atoms with Gasteiger partial charge in [0.1, 0.15) is 12.0 Å². The first-order valence-electron chi connectivity index (χ1n) is 5.74. The Kier molecular flexibility index (Phi) is 2.68. The van der Waals surface area contributed by atoms with Crippen LogP contribution in [0.4, 0.5) is 5.95 Å². The fourth-order valence-corrected chi connectivity index (χ4v) is 1.85. The number of nitrogens with zero attached hydrogens (tertiary/aromatic N) is 4. The van der Waals surface area contributed by atoms with Crippen molar-refractivity contribution < 1.29 is 4.79 Å². The molecule has 1 aromatic carbocycles. The average molecular weight is 253 g/mol. The first-order chi connectivity index (χ1) is 9.25. The molecule has 0 fully saturated rings. The number of carbonyl (C=O) groups excluding carboxylic acids is 1. The number of aromatic nitrogens is 4. The molecular formula is C13H11N5O. The molecule has 0 spiro atoms. The molecule has 0 unspecified atom stereocenters. The highest BCUT2D eigenvalue weighted by Gasteiger charge is 2.12. The third-order valence-corrected chi connectivity index (χ3v) is 2.83. The summed E-state index contributed by atoms with van der Waals surface area (Å²) in [5.41, 5.74) is 2.10. The first-order valence-corrected chi connectivity index (χ1v) is 5.74. The zero-order chi connectivity index (χ0) is 13.2. The van der Waals surface area contributed by atoms with Gasteiger partial charge >= 0.3 is 0 Å². The van der Waals surface area contributed by atoms with Crippen LogP contribution >= 0.6 is 0 Å². The Balaban J connectivity index is 1.94. The number of amides is 1. The topological polar surface area (TPSA) is 72.7 Å². The third kappa shape index (κ3) is 2.03. The Hall–Kier alpha value is -2.76. The molecule has 0 bridgehead atoms. The molecule has 2 heterocycles. The van der Waals surface area contributed by atoms with Crippen molar-refractivity contribution >= 4 is 22.9 Å². The lowest BCUT2D eigenvalue weighted by Gasteiger charge is -2.03. The number of rotatable bonds is 2. The Morgan fingerprint density at radius 3 is 2.84 bits per heavy atom. The Bertz CT molecular complexity index is 735. The van der Waals surface area contributed by atoms with E-state index in [-0.39, 0.29) is 5.91 Å². The minimum absolute atomic E-state index is 0.305. The largest absolute Gasteiger partial charge is 0.313 e. The van der Waals surface area contributed by atoms with Gasteiger partial charge in [0.2, 0.25) is 5.95 Å². The number of carbonyl (C=O) groups is 1. The summed E-state index contributed by atoms with van der Waals surface area (Å²) in [6, 6.07) is 9.24. The molecule has 0 aliphatic heterocycles. The van der Waals surface area contributed by atoms with E-state index in [4.69, 9.17) is 0 Å². The molecule has 3 rings (SSSR count). The zero-order valence-electron chi connectivity index (χ0n) is 10.2. The van der Waals surface area contributed by atoms with E-state index in [1.54, 1.807) is 6.07 Å². The van der Waals surface area contributed by atoms with E-state index in [0.717, 1.165) is 11.0 Å². The standard InChI is InChI=1S/C13H11N5O/c1-18-11-5-3-2-4-9(11)16-13(18)17-12(19)10-6-7-14-8-15-10/h2-8H,1H3,(H,16,17,19). The third-order valence-electron chi connectivity index (χ3n) is 2.83. The molecule has 1 N–H and O–H groups in total. The number of nitrogens with one attached hydrogen (secondary N) is 1. The van der Waals surface area contributed by atoms with Gasteiger partial charge in [-0.3, -0.25) is 10.1 Å². The van der Waals surface area contributed by atoms with Gasteiger partial charge in [-0.05, 0) is 18.2 Å². The van der Waals surface area contributed by atoms with Gasteiger partial charge < -0.3 is 4.57 Å². The van der Waals surface area contributed by atoms with Crippen LogP contribution in [-0.2, 0) is 7.05 Å². The zero-order valence-corrected chi connectivity index (χ0v) is 10.2. The highest BCUT2D eigenvalue weighted by molar-refractivity contribution is 6.02. The molecular weight excluding hydrogens is 242 g/mol. The minimum atomic E-state index is -0.305. The summed E-state index contributed by atoms with van der Waals surface area (Å²) in [5.74, 6) is 0.186. The second-order valence-corrected chi connectivity index (χ2v) is 4.03. The molecule has 0 radical (unpaired) electrons. The molecule has 0 saturated heterocycles. The van der Waals surface area contributed by atoms with E-state index in [1.165, 1.54) is 12.5 Å². The van der Waals surface area contributed by atoms with Crippen molar-refractivity contribution in [2.24, 2.45) is 7.05 Å². The van der Waals surface area contributed by atoms with E-state index in [2.05, 4.69) is 20.3 Å². The molecule has 6 nitrogen and oxygen atoms in total. The maximum absolute atomic E-state index is 12.0. The molecule has 94 valence electrons. The van der Waals surface area contributed by atoms with Crippen LogP contribution in [0.3, 0.4) is 0 Å². The Morgan fingerprint density at radius 1 is 1.26 bits per heavy atom. The Labute approximate surface area is 109 Å². The summed E-state index contributed by atoms with van der Waals surface area (Å²) >= 11 is 0. The van der Waals surface area contributed by atoms with E-state index in [0.29, 0.717) is 11.6 Å². The second kappa shape index (κ2) is 4.49. The molecule has 0 aliphatic rings. The number of para-hydroxylation sites is 2. The van der Waals surface area contributed by atoms with Gasteiger partial charge in [0, 0.05) is 13.2 Å². The quantitative estimate of drug-likeness (QED) is 0.753. The summed E-state index contributed by atoms with van der Waals surface area (Å²) < 4.78 is 1.83. The van der Waals surface area contributed by atoms with Crippen molar-refractivity contribution in [2.75, 3.05) is 5.32 Å². The van der Waals surface area contributed by atoms with Crippen molar-refractivity contribution in [3.63, 3.8) is 0 Å². The second-order valence-electron chi connectivity index (χ2n) is 4.03. The van der Waals surface area contributed by atoms with Gasteiger partial charge in [-0.25, -0.2) is 15.0 Å². The molecule has 19 heavy (non-hydrogen) atoms. The predicted octanol–water partition coefficient (Wildman–Crippen LogP) is 1.62. The summed E-state index contributed by atoms with van der Waals surface area (Å²) in [6.45, 7) is 0. The van der Waals surface area contributed by atoms with Crippen LogP contribution < -0.4 is 5.32 Å². The van der Waals surface area contributed by atoms with Gasteiger partial charge in [-0.1, -0.05) is 12.1 Å². The van der Waals surface area contributed by atoms with Gasteiger partial charge in [0.05, 0.1) is 11.0 Å². The minimum Gasteiger partial charge on any atom is -0.313 e. The van der Waals surface area contributed by atoms with E-state index >= 15 is 0 Å². The number of benzene rings is 1. The number of aryl methyl sites for hydroxylation is 1. The monoisotopic (exact) mass is 253 g/mol. The summed E-state index contributed by atoms with van der Waals surface area (Å²) in [6.07, 6.45) is 2.86. The van der Waals surface area contributed by atoms with Crippen molar-refractivity contribution in [1.29, 1.82) is 0 Å². The highest BCUT2D eigenvalue weighted by atomic mass is 16.2. The summed E-state index contributed by atoms with van der Waals surface area (Å²) in [5, 5.41) is 2.74. The molecule has 0 saturated carbocycles. The smallest absolute Gasteiger partial charge is 0.276 e. The van der Waals surface area contributed by atoms with Crippen LogP contribution in [0.15, 0.2) is 42.9 Å². The van der Waals surface area contributed by atoms with Gasteiger partial charge in [-0.15, -0.1) is 0 Å². The lowest BCUT2D eigenvalue weighted by molar-refractivity contribution is 0.102. The predicted molar refractivity (Wildman–Crippen MR) is 70.7 cm³/mol. The number of imidazole rings is 1. The maximum Gasteiger partial charge on any atom is 0.276 e. The molecule has 2 aromatic heterocycles. The number of anilines is 1. The van der Waals surface area contributed by atoms with Crippen LogP contribution in [0.1, 0.15) is 10.5 Å². The van der Waals surface area contributed by atoms with Crippen LogP contribution in [0.2, 0.25) is 0 Å². The van der Waals surface area contributed by atoms with Gasteiger partial charge in [0.15, 0.2) is 0 Å². The van der Waals surface area contributed by atoms with E-state index in [9.17, 15) is 4.79 Å². The molecule has 3 aromatic rings. The van der Waals surface area contributed by atoms with E-state index < -0.39 is 0 Å². The summed E-state index contributed by atoms with van der Waals surface area (Å²) in [7, 11) is 1.85. The van der Waals surface area contributed by atoms with E-state index in [1.807, 2.05) is 35.9 Å². The Morgan fingerprint density at radius 2 is 2.11 bits per heavy atom. The van der Waals surface area contributed by atoms with Crippen molar-refractivity contribution in [3.8, 4) is 0 Å². The molecule has 0 aliphatic carbocycles. The molecule has 6 heteroatoms. The van der Waals surface area contributed by atoms with Crippen molar-refractivity contribution in [2.45, 2.75) is 0 Å². The fraction of sp³-hybridized carbons (Fsp3) is 0.0769. The lowest BCUT2D eigenvalue weighted by atomic mass is 10.3. The SMILES string of the molecule is Cn1c(NC(=O)c2ccncn2)nc2ccccc21. The molecule has 1 amide bonds. The first kappa shape index (κ1) is 11.3. The highest BCUT2D eigenvalue weighted by Crippen LogP contribution is 2.17. The van der Waals surface area contributed by atoms with Crippen LogP contribution in [-0.4, -0.2) is 25.4 Å². The maximum atomic E-state index is 12.0. The van der Waals surface area contributed by atoms with Crippen molar-refractivity contribution in [3.05, 3.63) is 48.5 Å². The van der Waals surface area contributed by atoms with Gasteiger partial charge in [0.25, 0.3) is 5.91 Å². The van der Waals surface area contributed by atoms with Crippen molar-refractivity contribution in [1.82, 2.24) is 19.5 Å². The fourth-order valence-electron chi connectivity index (χ4n) is 1.85. The average Bonchev–Trinajstić information content (AvgIpc) is 2.77. The number of hydrogen-bond donors (Lipinski definition) is 1. The van der Waals surface area contributed by atoms with Crippen LogP contribution in [0.5, 0.6) is 0 Å². The lowest BCUT2D eigenvalue weighted by Crippen LogP contribution is -2.16. The number of hydrogen-bond acceptors (Lipinski definition) is 4. The summed E-state index contributed by atoms with van der Waals surface area (Å²) in [4.78, 5) is 24.0. The number of fused-ring (bicyclic) bond motifs is 1. The normalized spacial score (nSPS) is 10.6. The van der Waals surface area contributed by atoms with Crippen LogP contribution in [0, 0.1) is 0 Å². The van der Waals surface area contributed by atoms with Crippen LogP contribution in [0.25, 0.3) is 11.0 Å². The molecule has 0 atom stereocenters. The van der Waals surface area contributed by atoms with Gasteiger partial charge in [-0.2, -0.15) is 0 Å².